The quantitative estimate of drug-likeness (QED) is 0.567. The summed E-state index contributed by atoms with van der Waals surface area (Å²) in [5, 5.41) is 3.13. The van der Waals surface area contributed by atoms with Gasteiger partial charge in [0.2, 0.25) is 0 Å². The minimum atomic E-state index is 1.08. The molecule has 0 bridgehead atoms. The molecule has 0 atom stereocenters. The second kappa shape index (κ2) is 5.67. The van der Waals surface area contributed by atoms with Crippen LogP contribution in [-0.4, -0.2) is 45.2 Å². The van der Waals surface area contributed by atoms with Crippen molar-refractivity contribution in [3.05, 3.63) is 0 Å². The van der Waals surface area contributed by atoms with Crippen LogP contribution < -0.4 is 5.14 Å². The lowest BCUT2D eigenvalue weighted by Gasteiger charge is -2.33. The van der Waals surface area contributed by atoms with Gasteiger partial charge in [0.25, 0.3) is 22.6 Å². The average Bonchev–Trinajstić information content (AvgIpc) is 2.06. The summed E-state index contributed by atoms with van der Waals surface area (Å²) < 4.78 is 4.35. The molecule has 0 spiro atoms. The van der Waals surface area contributed by atoms with Gasteiger partial charge in [0.1, 0.15) is 0 Å². The fraction of sp³-hybridized carbons (Fsp3) is 1.00. The second-order valence-electron chi connectivity index (χ2n) is 3.02. The molecule has 0 aliphatic carbocycles. The fourth-order valence-electron chi connectivity index (χ4n) is 1.24. The topological polar surface area (TPSA) is 18.5 Å². The Morgan fingerprint density at radius 1 is 1.00 bits per heavy atom. The SMILES string of the molecule is CCCN1[B]N[B]N(CCC)[B]1. The number of nitrogens with zero attached hydrogens (tertiary/aromatic N) is 2. The Bertz CT molecular complexity index is 109. The molecule has 3 radical (unpaired) electrons. The molecule has 63 valence electrons. The standard InChI is InChI=1S/C6H15B3N3/c1-3-5-11-7-10-8-12(9-11)6-4-2/h10H,3-6H2,1-2H3. The number of rotatable bonds is 4. The molecule has 1 N–H and O–H groups in total. The van der Waals surface area contributed by atoms with Gasteiger partial charge in [0, 0.05) is 0 Å². The van der Waals surface area contributed by atoms with Crippen LogP contribution in [0.3, 0.4) is 0 Å². The Morgan fingerprint density at radius 2 is 1.50 bits per heavy atom. The van der Waals surface area contributed by atoms with E-state index in [-0.39, 0.29) is 0 Å². The molecular weight excluding hydrogens is 147 g/mol. The molecule has 0 unspecified atom stereocenters. The first kappa shape index (κ1) is 10.2. The summed E-state index contributed by atoms with van der Waals surface area (Å²) in [6, 6.07) is 0. The molecule has 1 rings (SSSR count). The van der Waals surface area contributed by atoms with Crippen molar-refractivity contribution in [1.29, 1.82) is 0 Å². The largest absolute Gasteiger partial charge is 0.379 e. The van der Waals surface area contributed by atoms with Gasteiger partial charge in [0.05, 0.1) is 0 Å². The highest BCUT2D eigenvalue weighted by Gasteiger charge is 2.19. The molecule has 0 aromatic rings. The zero-order valence-electron chi connectivity index (χ0n) is 7.95. The van der Waals surface area contributed by atoms with Gasteiger partial charge >= 0.3 is 0 Å². The van der Waals surface area contributed by atoms with E-state index in [1.165, 1.54) is 12.8 Å². The van der Waals surface area contributed by atoms with E-state index in [9.17, 15) is 0 Å². The van der Waals surface area contributed by atoms with Gasteiger partial charge in [-0.25, -0.2) is 0 Å². The van der Waals surface area contributed by atoms with Crippen LogP contribution in [0.2, 0.25) is 0 Å². The maximum Gasteiger partial charge on any atom is 0.290 e. The van der Waals surface area contributed by atoms with Crippen LogP contribution in [0.1, 0.15) is 26.7 Å². The third-order valence-electron chi connectivity index (χ3n) is 1.74. The molecule has 12 heavy (non-hydrogen) atoms. The Balaban J connectivity index is 2.20. The molecule has 1 heterocycles. The Hall–Kier alpha value is 0.0748. The van der Waals surface area contributed by atoms with Crippen LogP contribution in [-0.2, 0) is 0 Å². The first-order chi connectivity index (χ1) is 5.86. The summed E-state index contributed by atoms with van der Waals surface area (Å²) in [6.45, 7) is 6.54. The average molecular weight is 162 g/mol. The first-order valence-electron chi connectivity index (χ1n) is 4.66. The molecule has 3 nitrogen and oxygen atoms in total. The third-order valence-corrected chi connectivity index (χ3v) is 1.74. The van der Waals surface area contributed by atoms with E-state index in [1.807, 2.05) is 15.1 Å². The third kappa shape index (κ3) is 3.21. The van der Waals surface area contributed by atoms with Crippen molar-refractivity contribution in [2.24, 2.45) is 0 Å². The molecule has 1 fully saturated rings. The second-order valence-corrected chi connectivity index (χ2v) is 3.02. The molecule has 0 saturated carbocycles. The molecule has 1 saturated heterocycles. The highest BCUT2D eigenvalue weighted by atomic mass is 15.2. The van der Waals surface area contributed by atoms with Crippen molar-refractivity contribution in [3.63, 3.8) is 0 Å². The molecule has 0 aromatic heterocycles. The predicted molar refractivity (Wildman–Crippen MR) is 54.4 cm³/mol. The van der Waals surface area contributed by atoms with E-state index in [2.05, 4.69) is 36.0 Å². The van der Waals surface area contributed by atoms with Crippen LogP contribution in [0, 0.1) is 0 Å². The smallest absolute Gasteiger partial charge is 0.290 e. The summed E-state index contributed by atoms with van der Waals surface area (Å²) in [7, 11) is 6.13. The van der Waals surface area contributed by atoms with Crippen molar-refractivity contribution in [2.75, 3.05) is 13.1 Å². The van der Waals surface area contributed by atoms with Gasteiger partial charge in [-0.3, -0.25) is 0 Å². The molecule has 1 aliphatic heterocycles. The van der Waals surface area contributed by atoms with E-state index < -0.39 is 0 Å². The van der Waals surface area contributed by atoms with Crippen molar-refractivity contribution in [2.45, 2.75) is 26.7 Å². The highest BCUT2D eigenvalue weighted by Crippen LogP contribution is 1.94. The van der Waals surface area contributed by atoms with E-state index in [4.69, 9.17) is 0 Å². The van der Waals surface area contributed by atoms with Crippen LogP contribution in [0.25, 0.3) is 0 Å². The number of hydrogen-bond donors (Lipinski definition) is 1. The van der Waals surface area contributed by atoms with Gasteiger partial charge in [-0.2, -0.15) is 0 Å². The van der Waals surface area contributed by atoms with Crippen molar-refractivity contribution >= 4 is 22.6 Å². The summed E-state index contributed by atoms with van der Waals surface area (Å²) >= 11 is 0. The zero-order valence-corrected chi connectivity index (χ0v) is 7.95. The zero-order chi connectivity index (χ0) is 8.81. The molecule has 0 amide bonds. The van der Waals surface area contributed by atoms with Crippen LogP contribution in [0.4, 0.5) is 0 Å². The van der Waals surface area contributed by atoms with Gasteiger partial charge < -0.3 is 14.6 Å². The van der Waals surface area contributed by atoms with Gasteiger partial charge in [0.15, 0.2) is 0 Å². The van der Waals surface area contributed by atoms with E-state index in [1.54, 1.807) is 0 Å². The van der Waals surface area contributed by atoms with E-state index in [0.717, 1.165) is 13.1 Å². The Kier molecular flexibility index (Phi) is 4.80. The minimum absolute atomic E-state index is 1.08. The lowest BCUT2D eigenvalue weighted by atomic mass is 9.77. The lowest BCUT2D eigenvalue weighted by Crippen LogP contribution is -2.59. The van der Waals surface area contributed by atoms with E-state index in [0.29, 0.717) is 0 Å². The van der Waals surface area contributed by atoms with Gasteiger partial charge in [-0.1, -0.05) is 13.8 Å². The summed E-state index contributed by atoms with van der Waals surface area (Å²) in [5.74, 6) is 0. The first-order valence-corrected chi connectivity index (χ1v) is 4.66. The van der Waals surface area contributed by atoms with E-state index >= 15 is 0 Å². The Morgan fingerprint density at radius 3 is 1.92 bits per heavy atom. The lowest BCUT2D eigenvalue weighted by molar-refractivity contribution is 0.546. The van der Waals surface area contributed by atoms with Crippen LogP contribution in [0.15, 0.2) is 0 Å². The van der Waals surface area contributed by atoms with Crippen LogP contribution in [0.5, 0.6) is 0 Å². The van der Waals surface area contributed by atoms with Crippen LogP contribution >= 0.6 is 0 Å². The summed E-state index contributed by atoms with van der Waals surface area (Å²) in [6.07, 6.45) is 2.35. The van der Waals surface area contributed by atoms with Crippen molar-refractivity contribution in [1.82, 2.24) is 14.6 Å². The monoisotopic (exact) mass is 162 g/mol. The summed E-state index contributed by atoms with van der Waals surface area (Å²) in [5.41, 5.74) is 0. The Labute approximate surface area is 77.7 Å². The minimum Gasteiger partial charge on any atom is -0.379 e. The summed E-state index contributed by atoms with van der Waals surface area (Å²) in [4.78, 5) is 0. The van der Waals surface area contributed by atoms with Gasteiger partial charge in [-0.05, 0) is 25.9 Å². The molecule has 6 heteroatoms. The highest BCUT2D eigenvalue weighted by molar-refractivity contribution is 6.64. The molecular formula is C6H15B3N3. The van der Waals surface area contributed by atoms with Gasteiger partial charge in [-0.15, -0.1) is 0 Å². The molecule has 0 aromatic carbocycles. The fourth-order valence-corrected chi connectivity index (χ4v) is 1.24. The maximum atomic E-state index is 3.13. The maximum absolute atomic E-state index is 3.13. The molecule has 1 aliphatic rings. The number of hydrogen-bond acceptors (Lipinski definition) is 3. The normalized spacial score (nSPS) is 19.5. The number of nitrogens with one attached hydrogen (secondary N) is 1. The van der Waals surface area contributed by atoms with Crippen molar-refractivity contribution in [3.8, 4) is 0 Å². The predicted octanol–water partition coefficient (Wildman–Crippen LogP) is -0.384. The van der Waals surface area contributed by atoms with Crippen molar-refractivity contribution < 1.29 is 0 Å².